The number of carbonyl (C=O) groups excluding carboxylic acids is 1. The summed E-state index contributed by atoms with van der Waals surface area (Å²) < 4.78 is 0. The number of nitrogens with zero attached hydrogens (tertiary/aromatic N) is 3. The molecular formula is C16H27N5O2. The summed E-state index contributed by atoms with van der Waals surface area (Å²) in [6, 6.07) is 0.512. The first-order chi connectivity index (χ1) is 10.9. The van der Waals surface area contributed by atoms with Crippen molar-refractivity contribution in [3.05, 3.63) is 11.3 Å². The topological polar surface area (TPSA) is 90.4 Å². The predicted octanol–water partition coefficient (Wildman–Crippen LogP) is 1.04. The lowest BCUT2D eigenvalue weighted by atomic mass is 10.1. The summed E-state index contributed by atoms with van der Waals surface area (Å²) in [4.78, 5) is 22.7. The van der Waals surface area contributed by atoms with Crippen LogP contribution in [0.3, 0.4) is 0 Å². The molecule has 23 heavy (non-hydrogen) atoms. The highest BCUT2D eigenvalue weighted by molar-refractivity contribution is 5.77. The highest BCUT2D eigenvalue weighted by Gasteiger charge is 2.22. The van der Waals surface area contributed by atoms with Crippen LogP contribution in [0.5, 0.6) is 0 Å². The molecule has 0 aromatic carbocycles. The smallest absolute Gasteiger partial charge is 0.248 e. The van der Waals surface area contributed by atoms with Gasteiger partial charge in [0.2, 0.25) is 11.9 Å². The van der Waals surface area contributed by atoms with E-state index in [1.54, 1.807) is 4.90 Å². The number of carbonyl (C=O) groups is 1. The van der Waals surface area contributed by atoms with Gasteiger partial charge in [-0.2, -0.15) is 4.98 Å². The van der Waals surface area contributed by atoms with Crippen molar-refractivity contribution in [3.63, 3.8) is 0 Å². The lowest BCUT2D eigenvalue weighted by Gasteiger charge is -2.19. The van der Waals surface area contributed by atoms with Crippen molar-refractivity contribution in [1.29, 1.82) is 0 Å². The van der Waals surface area contributed by atoms with Crippen LogP contribution in [-0.2, 0) is 17.6 Å². The summed E-state index contributed by atoms with van der Waals surface area (Å²) in [5, 5.41) is 15.7. The number of fused-ring (bicyclic) bond motifs is 1. The Hall–Kier alpha value is -1.89. The summed E-state index contributed by atoms with van der Waals surface area (Å²) in [5.41, 5.74) is 2.04. The van der Waals surface area contributed by atoms with Gasteiger partial charge in [-0.3, -0.25) is 4.79 Å². The van der Waals surface area contributed by atoms with Crippen molar-refractivity contribution < 1.29 is 9.90 Å². The minimum Gasteiger partial charge on any atom is -0.387 e. The van der Waals surface area contributed by atoms with E-state index in [4.69, 9.17) is 5.11 Å². The Bertz CT molecular complexity index is 560. The van der Waals surface area contributed by atoms with Crippen molar-refractivity contribution >= 4 is 17.7 Å². The maximum atomic E-state index is 11.8. The molecule has 1 aliphatic rings. The Balaban J connectivity index is 2.32. The zero-order chi connectivity index (χ0) is 17.0. The molecule has 0 fully saturated rings. The highest BCUT2D eigenvalue weighted by atomic mass is 16.3. The SMILES string of the molecule is CC(C)Nc1nc2c(c(NC(C)C)n1)CCN(C(=O)CO)CC2. The summed E-state index contributed by atoms with van der Waals surface area (Å²) >= 11 is 0. The predicted molar refractivity (Wildman–Crippen MR) is 90.6 cm³/mol. The molecule has 0 atom stereocenters. The molecule has 0 saturated heterocycles. The van der Waals surface area contributed by atoms with Gasteiger partial charge in [-0.05, 0) is 34.1 Å². The van der Waals surface area contributed by atoms with Gasteiger partial charge in [-0.1, -0.05) is 0 Å². The maximum absolute atomic E-state index is 11.8. The summed E-state index contributed by atoms with van der Waals surface area (Å²) in [6.45, 7) is 8.95. The van der Waals surface area contributed by atoms with Gasteiger partial charge in [0, 0.05) is 37.2 Å². The number of rotatable bonds is 5. The molecule has 3 N–H and O–H groups in total. The van der Waals surface area contributed by atoms with E-state index >= 15 is 0 Å². The number of anilines is 2. The third kappa shape index (κ3) is 4.54. The maximum Gasteiger partial charge on any atom is 0.248 e. The summed E-state index contributed by atoms with van der Waals surface area (Å²) in [7, 11) is 0. The Morgan fingerprint density at radius 1 is 1.13 bits per heavy atom. The number of hydrogen-bond acceptors (Lipinski definition) is 6. The van der Waals surface area contributed by atoms with Crippen LogP contribution < -0.4 is 10.6 Å². The first-order valence-electron chi connectivity index (χ1n) is 8.22. The average Bonchev–Trinajstić information content (AvgIpc) is 2.68. The monoisotopic (exact) mass is 321 g/mol. The molecule has 0 aliphatic carbocycles. The van der Waals surface area contributed by atoms with Crippen molar-refractivity contribution in [2.24, 2.45) is 0 Å². The second kappa shape index (κ2) is 7.59. The fraction of sp³-hybridized carbons (Fsp3) is 0.688. The van der Waals surface area contributed by atoms with Gasteiger partial charge in [0.15, 0.2) is 0 Å². The van der Waals surface area contributed by atoms with Crippen LogP contribution in [0.4, 0.5) is 11.8 Å². The van der Waals surface area contributed by atoms with E-state index < -0.39 is 6.61 Å². The van der Waals surface area contributed by atoms with Gasteiger partial charge in [0.05, 0.1) is 5.69 Å². The minimum atomic E-state index is -0.445. The first-order valence-corrected chi connectivity index (χ1v) is 8.22. The van der Waals surface area contributed by atoms with Crippen molar-refractivity contribution in [2.75, 3.05) is 30.3 Å². The van der Waals surface area contributed by atoms with Crippen molar-refractivity contribution in [2.45, 2.75) is 52.6 Å². The Kier molecular flexibility index (Phi) is 5.76. The fourth-order valence-electron chi connectivity index (χ4n) is 2.66. The van der Waals surface area contributed by atoms with E-state index in [9.17, 15) is 4.79 Å². The molecule has 1 aromatic rings. The molecule has 0 saturated carbocycles. The van der Waals surface area contributed by atoms with Crippen molar-refractivity contribution in [3.8, 4) is 0 Å². The minimum absolute atomic E-state index is 0.232. The van der Waals surface area contributed by atoms with Crippen LogP contribution in [0.1, 0.15) is 39.0 Å². The van der Waals surface area contributed by atoms with Gasteiger partial charge in [-0.15, -0.1) is 0 Å². The molecule has 0 bridgehead atoms. The fourth-order valence-corrected chi connectivity index (χ4v) is 2.66. The van der Waals surface area contributed by atoms with Crippen LogP contribution in [0, 0.1) is 0 Å². The molecular weight excluding hydrogens is 294 g/mol. The Labute approximate surface area is 137 Å². The third-order valence-electron chi connectivity index (χ3n) is 3.67. The van der Waals surface area contributed by atoms with Crippen LogP contribution in [0.15, 0.2) is 0 Å². The van der Waals surface area contributed by atoms with E-state index in [2.05, 4.69) is 34.4 Å². The zero-order valence-corrected chi connectivity index (χ0v) is 14.4. The molecule has 0 unspecified atom stereocenters. The zero-order valence-electron chi connectivity index (χ0n) is 14.4. The quantitative estimate of drug-likeness (QED) is 0.751. The van der Waals surface area contributed by atoms with E-state index in [-0.39, 0.29) is 18.0 Å². The van der Waals surface area contributed by atoms with Crippen LogP contribution in [0.2, 0.25) is 0 Å². The highest BCUT2D eigenvalue weighted by Crippen LogP contribution is 2.24. The van der Waals surface area contributed by atoms with Gasteiger partial charge < -0.3 is 20.6 Å². The molecule has 2 heterocycles. The molecule has 7 heteroatoms. The molecule has 0 radical (unpaired) electrons. The average molecular weight is 321 g/mol. The number of aliphatic hydroxyl groups is 1. The molecule has 1 amide bonds. The summed E-state index contributed by atoms with van der Waals surface area (Å²) in [6.07, 6.45) is 1.36. The summed E-state index contributed by atoms with van der Waals surface area (Å²) in [5.74, 6) is 1.22. The van der Waals surface area contributed by atoms with Gasteiger partial charge in [0.1, 0.15) is 12.4 Å². The number of aliphatic hydroxyl groups excluding tert-OH is 1. The second-order valence-corrected chi connectivity index (χ2v) is 6.46. The first kappa shape index (κ1) is 17.5. The number of nitrogens with one attached hydrogen (secondary N) is 2. The molecule has 7 nitrogen and oxygen atoms in total. The van der Waals surface area contributed by atoms with E-state index in [1.807, 2.05) is 13.8 Å². The molecule has 0 spiro atoms. The van der Waals surface area contributed by atoms with Gasteiger partial charge in [0.25, 0.3) is 0 Å². The second-order valence-electron chi connectivity index (χ2n) is 6.46. The van der Waals surface area contributed by atoms with Gasteiger partial charge >= 0.3 is 0 Å². The standard InChI is InChI=1S/C16H27N5O2/c1-10(2)17-15-12-5-7-21(14(23)9-22)8-6-13(12)19-16(20-15)18-11(3)4/h10-11,22H,5-9H2,1-4H3,(H2,17,18,19,20). The number of amides is 1. The van der Waals surface area contributed by atoms with E-state index in [1.165, 1.54) is 0 Å². The van der Waals surface area contributed by atoms with Crippen LogP contribution in [-0.4, -0.2) is 57.7 Å². The molecule has 1 aliphatic heterocycles. The largest absolute Gasteiger partial charge is 0.387 e. The molecule has 128 valence electrons. The van der Waals surface area contributed by atoms with Gasteiger partial charge in [-0.25, -0.2) is 4.98 Å². The third-order valence-corrected chi connectivity index (χ3v) is 3.67. The lowest BCUT2D eigenvalue weighted by molar-refractivity contribution is -0.134. The van der Waals surface area contributed by atoms with Crippen LogP contribution >= 0.6 is 0 Å². The van der Waals surface area contributed by atoms with E-state index in [0.717, 1.165) is 17.1 Å². The van der Waals surface area contributed by atoms with Crippen molar-refractivity contribution in [1.82, 2.24) is 14.9 Å². The van der Waals surface area contributed by atoms with Crippen LogP contribution in [0.25, 0.3) is 0 Å². The normalized spacial score (nSPS) is 14.7. The number of hydrogen-bond donors (Lipinski definition) is 3. The van der Waals surface area contributed by atoms with E-state index in [0.29, 0.717) is 31.9 Å². The molecule has 1 aromatic heterocycles. The number of aromatic nitrogens is 2. The lowest BCUT2D eigenvalue weighted by Crippen LogP contribution is -2.35. The Morgan fingerprint density at radius 2 is 1.78 bits per heavy atom. The molecule has 2 rings (SSSR count). The Morgan fingerprint density at radius 3 is 2.39 bits per heavy atom.